The molecule has 0 radical (unpaired) electrons. The van der Waals surface area contributed by atoms with E-state index in [2.05, 4.69) is 0 Å². The third-order valence-corrected chi connectivity index (χ3v) is 1.83. The lowest BCUT2D eigenvalue weighted by Gasteiger charge is -2.19. The summed E-state index contributed by atoms with van der Waals surface area (Å²) in [5, 5.41) is 8.45. The molecule has 2 nitrogen and oxygen atoms in total. The van der Waals surface area contributed by atoms with Gasteiger partial charge in [0.25, 0.3) is 0 Å². The van der Waals surface area contributed by atoms with Crippen LogP contribution in [-0.2, 0) is 5.92 Å². The second kappa shape index (κ2) is 3.73. The summed E-state index contributed by atoms with van der Waals surface area (Å²) in [4.78, 5) is 10.4. The number of benzene rings is 1. The van der Waals surface area contributed by atoms with Gasteiger partial charge in [0.1, 0.15) is 0 Å². The molecule has 0 unspecified atom stereocenters. The first-order valence-electron chi connectivity index (χ1n) is 3.94. The topological polar surface area (TPSA) is 37.3 Å². The van der Waals surface area contributed by atoms with Crippen molar-refractivity contribution in [3.63, 3.8) is 0 Å². The molecule has 0 spiro atoms. The van der Waals surface area contributed by atoms with Crippen molar-refractivity contribution in [3.8, 4) is 0 Å². The van der Waals surface area contributed by atoms with Crippen molar-refractivity contribution in [2.24, 2.45) is 0 Å². The zero-order valence-corrected chi connectivity index (χ0v) is 7.55. The van der Waals surface area contributed by atoms with Gasteiger partial charge in [0.2, 0.25) is 0 Å². The van der Waals surface area contributed by atoms with Crippen LogP contribution in [0.1, 0.15) is 15.9 Å². The predicted molar refractivity (Wildman–Crippen MR) is 43.4 cm³/mol. The van der Waals surface area contributed by atoms with E-state index in [1.807, 2.05) is 0 Å². The Hall–Kier alpha value is -1.66. The Kier molecular flexibility index (Phi) is 2.89. The lowest BCUT2D eigenvalue weighted by Crippen LogP contribution is -2.33. The Labute approximate surface area is 86.3 Å². The summed E-state index contributed by atoms with van der Waals surface area (Å²) in [6.07, 6.45) is -5.75. The van der Waals surface area contributed by atoms with Crippen LogP contribution in [-0.4, -0.2) is 17.3 Å². The Morgan fingerprint density at radius 1 is 1.12 bits per heavy atom. The molecule has 0 saturated carbocycles. The van der Waals surface area contributed by atoms with Crippen molar-refractivity contribution in [2.45, 2.75) is 12.1 Å². The molecule has 7 heteroatoms. The van der Waals surface area contributed by atoms with E-state index in [1.165, 1.54) is 0 Å². The third-order valence-electron chi connectivity index (χ3n) is 1.83. The molecule has 0 aliphatic carbocycles. The highest BCUT2D eigenvalue weighted by Crippen LogP contribution is 2.43. The molecule has 0 bridgehead atoms. The van der Waals surface area contributed by atoms with Crippen LogP contribution in [0.25, 0.3) is 0 Å². The third kappa shape index (κ3) is 2.12. The number of hydrogen-bond acceptors (Lipinski definition) is 1. The van der Waals surface area contributed by atoms with Crippen molar-refractivity contribution in [3.05, 3.63) is 35.4 Å². The van der Waals surface area contributed by atoms with E-state index in [0.29, 0.717) is 12.1 Å². The van der Waals surface area contributed by atoms with Gasteiger partial charge in [-0.05, 0) is 12.1 Å². The summed E-state index contributed by atoms with van der Waals surface area (Å²) in [6, 6.07) is 2.59. The van der Waals surface area contributed by atoms with E-state index in [0.717, 1.165) is 12.1 Å². The average Bonchev–Trinajstić information content (AvgIpc) is 2.16. The SMILES string of the molecule is O=C(O)c1cccc(C(F)(F)C(F)(F)F)c1. The molecular weight excluding hydrogens is 235 g/mol. The Morgan fingerprint density at radius 3 is 2.12 bits per heavy atom. The highest BCUT2D eigenvalue weighted by Gasteiger charge is 2.58. The molecule has 0 fully saturated rings. The molecule has 0 aromatic heterocycles. The number of hydrogen-bond donors (Lipinski definition) is 1. The van der Waals surface area contributed by atoms with Crippen LogP contribution in [0, 0.1) is 0 Å². The first kappa shape index (κ1) is 12.4. The van der Waals surface area contributed by atoms with Crippen LogP contribution in [0.2, 0.25) is 0 Å². The lowest BCUT2D eigenvalue weighted by atomic mass is 10.0. The Balaban J connectivity index is 3.24. The van der Waals surface area contributed by atoms with Crippen LogP contribution in [0.4, 0.5) is 22.0 Å². The lowest BCUT2D eigenvalue weighted by molar-refractivity contribution is -0.289. The highest BCUT2D eigenvalue weighted by molar-refractivity contribution is 5.87. The molecule has 16 heavy (non-hydrogen) atoms. The van der Waals surface area contributed by atoms with Gasteiger partial charge in [-0.2, -0.15) is 22.0 Å². The van der Waals surface area contributed by atoms with E-state index in [4.69, 9.17) is 5.11 Å². The molecule has 88 valence electrons. The normalized spacial score (nSPS) is 12.6. The van der Waals surface area contributed by atoms with Crippen molar-refractivity contribution in [1.82, 2.24) is 0 Å². The summed E-state index contributed by atoms with van der Waals surface area (Å²) in [5.41, 5.74) is -2.01. The molecule has 0 heterocycles. The van der Waals surface area contributed by atoms with Crippen LogP contribution >= 0.6 is 0 Å². The molecule has 0 aliphatic rings. The minimum absolute atomic E-state index is 0.301. The summed E-state index contributed by atoms with van der Waals surface area (Å²) in [6.45, 7) is 0. The fourth-order valence-corrected chi connectivity index (χ4v) is 1.01. The zero-order valence-electron chi connectivity index (χ0n) is 7.55. The molecule has 1 rings (SSSR count). The van der Waals surface area contributed by atoms with Crippen molar-refractivity contribution >= 4 is 5.97 Å². The molecule has 1 N–H and O–H groups in total. The fourth-order valence-electron chi connectivity index (χ4n) is 1.01. The van der Waals surface area contributed by atoms with Gasteiger partial charge in [0.15, 0.2) is 0 Å². The van der Waals surface area contributed by atoms with Crippen LogP contribution < -0.4 is 0 Å². The number of alkyl halides is 5. The maximum Gasteiger partial charge on any atom is 0.458 e. The quantitative estimate of drug-likeness (QED) is 0.806. The first-order chi connectivity index (χ1) is 7.16. The number of halogens is 5. The number of aromatic carboxylic acids is 1. The number of carboxylic acids is 1. The molecule has 0 atom stereocenters. The molecule has 0 amide bonds. The summed E-state index contributed by atoms with van der Waals surface area (Å²) >= 11 is 0. The van der Waals surface area contributed by atoms with E-state index < -0.39 is 29.2 Å². The fraction of sp³-hybridized carbons (Fsp3) is 0.222. The molecular formula is C9H5F5O2. The van der Waals surface area contributed by atoms with Gasteiger partial charge < -0.3 is 5.11 Å². The summed E-state index contributed by atoms with van der Waals surface area (Å²) in [7, 11) is 0. The van der Waals surface area contributed by atoms with E-state index in [-0.39, 0.29) is 0 Å². The van der Waals surface area contributed by atoms with Crippen LogP contribution in [0.5, 0.6) is 0 Å². The average molecular weight is 240 g/mol. The van der Waals surface area contributed by atoms with Gasteiger partial charge in [-0.3, -0.25) is 0 Å². The Bertz CT molecular complexity index is 411. The number of carboxylic acid groups (broad SMARTS) is 1. The first-order valence-corrected chi connectivity index (χ1v) is 3.94. The Morgan fingerprint density at radius 2 is 1.69 bits per heavy atom. The van der Waals surface area contributed by atoms with E-state index in [1.54, 1.807) is 0 Å². The number of rotatable bonds is 2. The molecule has 1 aromatic rings. The maximum absolute atomic E-state index is 12.8. The second-order valence-corrected chi connectivity index (χ2v) is 2.96. The maximum atomic E-state index is 12.8. The number of carbonyl (C=O) groups is 1. The standard InChI is InChI=1S/C9H5F5O2/c10-8(11,9(12,13)14)6-3-1-2-5(4-6)7(15)16/h1-4H,(H,15,16). The summed E-state index contributed by atoms with van der Waals surface area (Å²) in [5.74, 6) is -6.63. The van der Waals surface area contributed by atoms with Crippen molar-refractivity contribution in [2.75, 3.05) is 0 Å². The van der Waals surface area contributed by atoms with E-state index >= 15 is 0 Å². The van der Waals surface area contributed by atoms with Gasteiger partial charge >= 0.3 is 18.1 Å². The highest BCUT2D eigenvalue weighted by atomic mass is 19.4. The van der Waals surface area contributed by atoms with Crippen molar-refractivity contribution < 1.29 is 31.9 Å². The van der Waals surface area contributed by atoms with Crippen molar-refractivity contribution in [1.29, 1.82) is 0 Å². The minimum atomic E-state index is -5.75. The largest absolute Gasteiger partial charge is 0.478 e. The van der Waals surface area contributed by atoms with Gasteiger partial charge in [-0.25, -0.2) is 4.79 Å². The smallest absolute Gasteiger partial charge is 0.458 e. The molecule has 1 aromatic carbocycles. The summed E-state index contributed by atoms with van der Waals surface area (Å²) < 4.78 is 61.4. The molecule has 0 aliphatic heterocycles. The minimum Gasteiger partial charge on any atom is -0.478 e. The van der Waals surface area contributed by atoms with Gasteiger partial charge in [0, 0.05) is 5.56 Å². The van der Waals surface area contributed by atoms with Crippen LogP contribution in [0.15, 0.2) is 24.3 Å². The van der Waals surface area contributed by atoms with Gasteiger partial charge in [-0.15, -0.1) is 0 Å². The monoisotopic (exact) mass is 240 g/mol. The van der Waals surface area contributed by atoms with Crippen LogP contribution in [0.3, 0.4) is 0 Å². The molecule has 0 saturated heterocycles. The second-order valence-electron chi connectivity index (χ2n) is 2.96. The predicted octanol–water partition coefficient (Wildman–Crippen LogP) is 3.04. The van der Waals surface area contributed by atoms with E-state index in [9.17, 15) is 26.7 Å². The zero-order chi connectivity index (χ0) is 12.6. The van der Waals surface area contributed by atoms with Gasteiger partial charge in [0.05, 0.1) is 5.56 Å². The van der Waals surface area contributed by atoms with Gasteiger partial charge in [-0.1, -0.05) is 12.1 Å².